The summed E-state index contributed by atoms with van der Waals surface area (Å²) < 4.78 is 2.43. The summed E-state index contributed by atoms with van der Waals surface area (Å²) >= 11 is 1.78. The number of carbonyl (C=O) groups is 1. The van der Waals surface area contributed by atoms with Gasteiger partial charge >= 0.3 is 5.97 Å². The summed E-state index contributed by atoms with van der Waals surface area (Å²) in [4.78, 5) is 18.2. The van der Waals surface area contributed by atoms with Crippen LogP contribution in [0, 0.1) is 5.41 Å². The van der Waals surface area contributed by atoms with E-state index < -0.39 is 11.4 Å². The highest BCUT2D eigenvalue weighted by molar-refractivity contribution is 7.09. The summed E-state index contributed by atoms with van der Waals surface area (Å²) in [6.07, 6.45) is 5.92. The molecular formula is C27H39N3O2S. The average Bonchev–Trinajstić information content (AvgIpc) is 3.42. The van der Waals surface area contributed by atoms with Crippen molar-refractivity contribution in [2.75, 3.05) is 0 Å². The number of thiophene rings is 1. The quantitative estimate of drug-likeness (QED) is 0.289. The minimum atomic E-state index is -0.815. The predicted molar refractivity (Wildman–Crippen MR) is 138 cm³/mol. The Labute approximate surface area is 202 Å². The molecule has 180 valence electrons. The van der Waals surface area contributed by atoms with Gasteiger partial charge in [0.15, 0.2) is 0 Å². The predicted octanol–water partition coefficient (Wildman–Crippen LogP) is 6.81. The number of carboxylic acids is 1. The molecule has 3 rings (SSSR count). The Balaban J connectivity index is 1.88. The van der Waals surface area contributed by atoms with Gasteiger partial charge in [-0.15, -0.1) is 11.3 Å². The molecule has 0 bridgehead atoms. The maximum absolute atomic E-state index is 11.9. The van der Waals surface area contributed by atoms with Gasteiger partial charge in [-0.25, -0.2) is 4.98 Å². The summed E-state index contributed by atoms with van der Waals surface area (Å²) in [5.74, 6) is 0.368. The Kier molecular flexibility index (Phi) is 8.71. The molecule has 5 nitrogen and oxygen atoms in total. The van der Waals surface area contributed by atoms with Gasteiger partial charge in [-0.3, -0.25) is 4.79 Å². The molecule has 1 aromatic carbocycles. The van der Waals surface area contributed by atoms with E-state index in [9.17, 15) is 9.90 Å². The van der Waals surface area contributed by atoms with Crippen LogP contribution in [0.1, 0.15) is 89.0 Å². The van der Waals surface area contributed by atoms with Gasteiger partial charge in [0.25, 0.3) is 0 Å². The zero-order valence-electron chi connectivity index (χ0n) is 20.7. The molecule has 2 aromatic heterocycles. The Hall–Kier alpha value is -2.18. The van der Waals surface area contributed by atoms with Crippen LogP contribution >= 0.6 is 11.3 Å². The van der Waals surface area contributed by atoms with Crippen LogP contribution in [0.2, 0.25) is 0 Å². The first-order chi connectivity index (χ1) is 15.8. The lowest BCUT2D eigenvalue weighted by Crippen LogP contribution is -2.46. The van der Waals surface area contributed by atoms with E-state index in [1.165, 1.54) is 10.4 Å². The van der Waals surface area contributed by atoms with Crippen molar-refractivity contribution < 1.29 is 9.90 Å². The third-order valence-electron chi connectivity index (χ3n) is 6.87. The summed E-state index contributed by atoms with van der Waals surface area (Å²) in [5, 5.41) is 15.4. The fourth-order valence-electron chi connectivity index (χ4n) is 4.58. The molecule has 0 saturated carbocycles. The van der Waals surface area contributed by atoms with Crippen LogP contribution < -0.4 is 5.32 Å². The monoisotopic (exact) mass is 469 g/mol. The van der Waals surface area contributed by atoms with E-state index in [0.29, 0.717) is 12.6 Å². The van der Waals surface area contributed by atoms with Gasteiger partial charge in [-0.05, 0) is 62.3 Å². The molecular weight excluding hydrogens is 430 g/mol. The van der Waals surface area contributed by atoms with Crippen LogP contribution in [0.4, 0.5) is 0 Å². The van der Waals surface area contributed by atoms with Gasteiger partial charge in [0.2, 0.25) is 0 Å². The van der Waals surface area contributed by atoms with Crippen molar-refractivity contribution in [1.82, 2.24) is 14.9 Å². The lowest BCUT2D eigenvalue weighted by Gasteiger charge is -2.31. The summed E-state index contributed by atoms with van der Waals surface area (Å²) in [7, 11) is 0. The zero-order chi connectivity index (χ0) is 24.0. The number of imidazole rings is 1. The van der Waals surface area contributed by atoms with E-state index in [2.05, 4.69) is 66.4 Å². The fraction of sp³-hybridized carbons (Fsp3) is 0.556. The Morgan fingerprint density at radius 2 is 1.97 bits per heavy atom. The number of benzene rings is 1. The topological polar surface area (TPSA) is 67.2 Å². The van der Waals surface area contributed by atoms with Crippen molar-refractivity contribution in [1.29, 1.82) is 0 Å². The van der Waals surface area contributed by atoms with Gasteiger partial charge in [0.1, 0.15) is 5.82 Å². The molecule has 1 atom stereocenters. The number of nitrogens with zero attached hydrogens (tertiary/aromatic N) is 2. The van der Waals surface area contributed by atoms with Gasteiger partial charge in [0.05, 0.1) is 16.4 Å². The standard InChI is InChI=1S/C27H39N3O2S/c1-6-9-12-24(27(4,5)26(31)32)28-18-19-13-14-23-22(16-19)29-25(17-21-11-10-15-33-21)30(23)20(7-2)8-3/h10-11,13-16,20,24,28H,6-9,12,17-18H2,1-5H3,(H,31,32). The van der Waals surface area contributed by atoms with Crippen LogP contribution in [-0.2, 0) is 17.8 Å². The SMILES string of the molecule is CCCCC(NCc1ccc2c(c1)nc(Cc1cccs1)n2C(CC)CC)C(C)(C)C(=O)O. The van der Waals surface area contributed by atoms with Gasteiger partial charge < -0.3 is 15.0 Å². The number of fused-ring (bicyclic) bond motifs is 1. The second-order valence-electron chi connectivity index (χ2n) is 9.55. The van der Waals surface area contributed by atoms with E-state index in [4.69, 9.17) is 4.98 Å². The average molecular weight is 470 g/mol. The molecule has 0 radical (unpaired) electrons. The number of rotatable bonds is 13. The number of carboxylic acid groups (broad SMARTS) is 1. The molecule has 0 aliphatic carbocycles. The summed E-state index contributed by atoms with van der Waals surface area (Å²) in [6, 6.07) is 11.2. The van der Waals surface area contributed by atoms with Crippen molar-refractivity contribution in [3.8, 4) is 0 Å². The first-order valence-electron chi connectivity index (χ1n) is 12.3. The maximum atomic E-state index is 11.9. The Morgan fingerprint density at radius 1 is 1.21 bits per heavy atom. The molecule has 6 heteroatoms. The van der Waals surface area contributed by atoms with Crippen LogP contribution in [0.15, 0.2) is 35.7 Å². The number of unbranched alkanes of at least 4 members (excludes halogenated alkanes) is 1. The molecule has 0 aliphatic rings. The summed E-state index contributed by atoms with van der Waals surface area (Å²) in [5.41, 5.74) is 2.54. The number of aliphatic carboxylic acids is 1. The van der Waals surface area contributed by atoms with Gasteiger partial charge in [0, 0.05) is 29.9 Å². The molecule has 0 amide bonds. The van der Waals surface area contributed by atoms with E-state index in [1.54, 1.807) is 11.3 Å². The van der Waals surface area contributed by atoms with E-state index in [0.717, 1.165) is 55.4 Å². The van der Waals surface area contributed by atoms with Gasteiger partial charge in [-0.1, -0.05) is 45.7 Å². The Morgan fingerprint density at radius 3 is 2.58 bits per heavy atom. The highest BCUT2D eigenvalue weighted by Crippen LogP contribution is 2.29. The zero-order valence-corrected chi connectivity index (χ0v) is 21.5. The molecule has 0 aliphatic heterocycles. The molecule has 2 N–H and O–H groups in total. The lowest BCUT2D eigenvalue weighted by atomic mass is 9.81. The Bertz CT molecular complexity index is 1040. The largest absolute Gasteiger partial charge is 0.481 e. The van der Waals surface area contributed by atoms with Crippen molar-refractivity contribution in [2.45, 2.75) is 91.8 Å². The lowest BCUT2D eigenvalue weighted by molar-refractivity contribution is -0.148. The number of nitrogens with one attached hydrogen (secondary N) is 1. The molecule has 0 saturated heterocycles. The molecule has 0 spiro atoms. The van der Waals surface area contributed by atoms with Crippen molar-refractivity contribution in [3.05, 3.63) is 52.0 Å². The van der Waals surface area contributed by atoms with Crippen molar-refractivity contribution >= 4 is 28.3 Å². The highest BCUT2D eigenvalue weighted by Gasteiger charge is 2.36. The van der Waals surface area contributed by atoms with Crippen LogP contribution in [0.25, 0.3) is 11.0 Å². The smallest absolute Gasteiger partial charge is 0.310 e. The minimum absolute atomic E-state index is 0.0813. The van der Waals surface area contributed by atoms with Crippen LogP contribution in [0.3, 0.4) is 0 Å². The fourth-order valence-corrected chi connectivity index (χ4v) is 5.28. The van der Waals surface area contributed by atoms with E-state index in [-0.39, 0.29) is 6.04 Å². The molecule has 33 heavy (non-hydrogen) atoms. The molecule has 3 aromatic rings. The molecule has 1 unspecified atom stereocenters. The van der Waals surface area contributed by atoms with Crippen molar-refractivity contribution in [2.24, 2.45) is 5.41 Å². The summed E-state index contributed by atoms with van der Waals surface area (Å²) in [6.45, 7) is 10.9. The van der Waals surface area contributed by atoms with E-state index >= 15 is 0 Å². The van der Waals surface area contributed by atoms with Gasteiger partial charge in [-0.2, -0.15) is 0 Å². The third-order valence-corrected chi connectivity index (χ3v) is 7.74. The van der Waals surface area contributed by atoms with Crippen LogP contribution in [-0.4, -0.2) is 26.7 Å². The highest BCUT2D eigenvalue weighted by atomic mass is 32.1. The third kappa shape index (κ3) is 5.85. The van der Waals surface area contributed by atoms with E-state index in [1.807, 2.05) is 13.8 Å². The normalized spacial score (nSPS) is 13.2. The first kappa shape index (κ1) is 25.4. The minimum Gasteiger partial charge on any atom is -0.481 e. The second-order valence-corrected chi connectivity index (χ2v) is 10.6. The first-order valence-corrected chi connectivity index (χ1v) is 13.2. The van der Waals surface area contributed by atoms with Crippen LogP contribution in [0.5, 0.6) is 0 Å². The number of hydrogen-bond donors (Lipinski definition) is 2. The van der Waals surface area contributed by atoms with Crippen molar-refractivity contribution in [3.63, 3.8) is 0 Å². The number of aromatic nitrogens is 2. The maximum Gasteiger partial charge on any atom is 0.310 e. The second kappa shape index (κ2) is 11.3. The molecule has 2 heterocycles. The molecule has 0 fully saturated rings. The number of hydrogen-bond acceptors (Lipinski definition) is 4.